The number of piperazine rings is 1. The van der Waals surface area contributed by atoms with Gasteiger partial charge in [0.2, 0.25) is 5.82 Å². The fourth-order valence-electron chi connectivity index (χ4n) is 3.50. The van der Waals surface area contributed by atoms with Gasteiger partial charge in [0.15, 0.2) is 11.6 Å². The lowest BCUT2D eigenvalue weighted by molar-refractivity contribution is -0.122. The Morgan fingerprint density at radius 1 is 1.07 bits per heavy atom. The van der Waals surface area contributed by atoms with Gasteiger partial charge in [-0.3, -0.25) is 9.69 Å². The highest BCUT2D eigenvalue weighted by Crippen LogP contribution is 2.29. The molecule has 150 valence electrons. The normalized spacial score (nSPS) is 23.8. The minimum atomic E-state index is -1.05. The molecule has 0 aromatic heterocycles. The van der Waals surface area contributed by atoms with E-state index in [0.717, 1.165) is 43.6 Å². The maximum absolute atomic E-state index is 13.9. The number of rotatable bonds is 3. The zero-order valence-corrected chi connectivity index (χ0v) is 16.0. The van der Waals surface area contributed by atoms with Crippen LogP contribution in [0.1, 0.15) is 5.56 Å². The molecule has 4 rings (SSSR count). The predicted octanol–water partition coefficient (Wildman–Crippen LogP) is 2.96. The van der Waals surface area contributed by atoms with Gasteiger partial charge in [0.1, 0.15) is 0 Å². The zero-order valence-electron chi connectivity index (χ0n) is 16.0. The van der Waals surface area contributed by atoms with Gasteiger partial charge in [-0.2, -0.15) is 4.39 Å². The number of amides is 1. The second kappa shape index (κ2) is 8.05. The number of halogens is 2. The number of hydrogen-bond acceptors (Lipinski definition) is 4. The molecular weight excluding hydrogens is 376 g/mol. The summed E-state index contributed by atoms with van der Waals surface area (Å²) in [7, 11) is 1.27. The zero-order chi connectivity index (χ0) is 20.4. The van der Waals surface area contributed by atoms with E-state index in [1.54, 1.807) is 17.1 Å². The van der Waals surface area contributed by atoms with Crippen LogP contribution in [0, 0.1) is 11.6 Å². The average Bonchev–Trinajstić information content (AvgIpc) is 2.74. The van der Waals surface area contributed by atoms with E-state index < -0.39 is 11.6 Å². The highest BCUT2D eigenvalue weighted by molar-refractivity contribution is 6.00. The fourth-order valence-corrected chi connectivity index (χ4v) is 3.50. The van der Waals surface area contributed by atoms with E-state index in [-0.39, 0.29) is 11.7 Å². The van der Waals surface area contributed by atoms with Crippen molar-refractivity contribution in [1.29, 1.82) is 0 Å². The molecule has 7 heteroatoms. The van der Waals surface area contributed by atoms with Crippen molar-refractivity contribution in [3.63, 3.8) is 0 Å². The average molecular weight is 397 g/mol. The molecule has 1 fully saturated rings. The van der Waals surface area contributed by atoms with Crippen LogP contribution in [0.4, 0.5) is 8.78 Å². The van der Waals surface area contributed by atoms with Crippen LogP contribution in [0.2, 0.25) is 0 Å². The topological polar surface area (TPSA) is 44.8 Å². The minimum absolute atomic E-state index is 0.207. The number of carbonyl (C=O) groups excluding carboxylic acids is 1. The fraction of sp³-hybridized carbons (Fsp3) is 0.227. The Hall–Kier alpha value is -3.19. The molecule has 1 aromatic carbocycles. The van der Waals surface area contributed by atoms with Crippen molar-refractivity contribution >= 4 is 11.5 Å². The lowest BCUT2D eigenvalue weighted by Gasteiger charge is -2.33. The van der Waals surface area contributed by atoms with E-state index in [4.69, 9.17) is 4.74 Å². The van der Waals surface area contributed by atoms with Gasteiger partial charge in [0.05, 0.1) is 12.8 Å². The van der Waals surface area contributed by atoms with E-state index in [9.17, 15) is 13.6 Å². The van der Waals surface area contributed by atoms with Gasteiger partial charge in [0, 0.05) is 44.2 Å². The van der Waals surface area contributed by atoms with Crippen LogP contribution in [0.3, 0.4) is 0 Å². The van der Waals surface area contributed by atoms with Gasteiger partial charge in [-0.1, -0.05) is 12.2 Å². The Labute approximate surface area is 167 Å². The van der Waals surface area contributed by atoms with Gasteiger partial charge in [-0.05, 0) is 41.5 Å². The molecule has 3 aliphatic heterocycles. The molecule has 0 spiro atoms. The first-order valence-corrected chi connectivity index (χ1v) is 9.39. The molecular formula is C22H21F2N3O2. The molecule has 0 atom stereocenters. The highest BCUT2D eigenvalue weighted by Gasteiger charge is 2.22. The maximum Gasteiger partial charge on any atom is 0.255 e. The number of methoxy groups -OCH3 is 1. The van der Waals surface area contributed by atoms with Crippen molar-refractivity contribution in [3.8, 4) is 5.75 Å². The summed E-state index contributed by atoms with van der Waals surface area (Å²) in [6.07, 6.45) is 12.4. The Bertz CT molecular complexity index is 986. The molecule has 0 aliphatic carbocycles. The molecule has 0 saturated carbocycles. The van der Waals surface area contributed by atoms with Crippen LogP contribution >= 0.6 is 0 Å². The summed E-state index contributed by atoms with van der Waals surface area (Å²) in [5.41, 5.74) is 2.53. The minimum Gasteiger partial charge on any atom is -0.494 e. The van der Waals surface area contributed by atoms with Gasteiger partial charge in [-0.25, -0.2) is 4.39 Å². The first-order valence-electron chi connectivity index (χ1n) is 9.39. The molecule has 1 N–H and O–H groups in total. The first kappa shape index (κ1) is 19.1. The van der Waals surface area contributed by atoms with Gasteiger partial charge in [0.25, 0.3) is 5.91 Å². The Kier molecular flexibility index (Phi) is 5.31. The van der Waals surface area contributed by atoms with Gasteiger partial charge in [-0.15, -0.1) is 0 Å². The van der Waals surface area contributed by atoms with Crippen molar-refractivity contribution in [3.05, 3.63) is 83.4 Å². The quantitative estimate of drug-likeness (QED) is 0.852. The van der Waals surface area contributed by atoms with Gasteiger partial charge < -0.3 is 15.0 Å². The second-order valence-electron chi connectivity index (χ2n) is 6.86. The summed E-state index contributed by atoms with van der Waals surface area (Å²) in [5, 5.41) is 3.31. The van der Waals surface area contributed by atoms with Crippen molar-refractivity contribution in [1.82, 2.24) is 15.1 Å². The molecule has 3 heterocycles. The molecule has 0 unspecified atom stereocenters. The molecule has 1 saturated heterocycles. The molecule has 1 amide bonds. The van der Waals surface area contributed by atoms with Crippen molar-refractivity contribution in [2.75, 3.05) is 33.3 Å². The Morgan fingerprint density at radius 3 is 2.59 bits per heavy atom. The van der Waals surface area contributed by atoms with Crippen LogP contribution in [-0.2, 0) is 4.79 Å². The summed E-state index contributed by atoms with van der Waals surface area (Å²) in [6, 6.07) is 2.44. The third-order valence-corrected chi connectivity index (χ3v) is 5.05. The number of ether oxygens (including phenoxy) is 1. The van der Waals surface area contributed by atoms with Crippen molar-refractivity contribution in [2.24, 2.45) is 0 Å². The number of carbonyl (C=O) groups is 1. The van der Waals surface area contributed by atoms with Crippen molar-refractivity contribution < 1.29 is 18.3 Å². The number of fused-ring (bicyclic) bond motifs is 1. The highest BCUT2D eigenvalue weighted by atomic mass is 19.2. The van der Waals surface area contributed by atoms with Crippen LogP contribution in [-0.4, -0.2) is 49.0 Å². The van der Waals surface area contributed by atoms with E-state index in [2.05, 4.69) is 10.2 Å². The number of allylic oxidation sites excluding steroid dienone is 6. The lowest BCUT2D eigenvalue weighted by atomic mass is 10.0. The SMILES string of the molecule is COc1cc(C2=C\C(=O)N3C=C(N4CCNCC4)C=C\C3=C/C=C/2)cc(F)c1F. The smallest absolute Gasteiger partial charge is 0.255 e. The Morgan fingerprint density at radius 2 is 1.83 bits per heavy atom. The molecule has 0 radical (unpaired) electrons. The first-order chi connectivity index (χ1) is 14.1. The van der Waals surface area contributed by atoms with E-state index in [1.165, 1.54) is 19.3 Å². The predicted molar refractivity (Wildman–Crippen MR) is 107 cm³/mol. The Balaban J connectivity index is 1.68. The monoisotopic (exact) mass is 397 g/mol. The summed E-state index contributed by atoms with van der Waals surface area (Å²) in [4.78, 5) is 16.8. The number of nitrogens with zero attached hydrogens (tertiary/aromatic N) is 2. The number of nitrogens with one attached hydrogen (secondary N) is 1. The third kappa shape index (κ3) is 3.86. The van der Waals surface area contributed by atoms with E-state index >= 15 is 0 Å². The van der Waals surface area contributed by atoms with E-state index in [1.807, 2.05) is 24.4 Å². The summed E-state index contributed by atoms with van der Waals surface area (Å²) >= 11 is 0. The van der Waals surface area contributed by atoms with Crippen molar-refractivity contribution in [2.45, 2.75) is 0 Å². The number of benzene rings is 1. The van der Waals surface area contributed by atoms with Crippen LogP contribution in [0.25, 0.3) is 5.57 Å². The molecule has 3 aliphatic rings. The van der Waals surface area contributed by atoms with Gasteiger partial charge >= 0.3 is 0 Å². The van der Waals surface area contributed by atoms with Crippen LogP contribution < -0.4 is 10.1 Å². The second-order valence-corrected chi connectivity index (χ2v) is 6.86. The van der Waals surface area contributed by atoms with Crippen LogP contribution in [0.15, 0.2) is 66.2 Å². The van der Waals surface area contributed by atoms with Crippen LogP contribution in [0.5, 0.6) is 5.75 Å². The standard InChI is InChI=1S/C22H21F2N3O2/c1-29-20-12-16(11-19(23)22(20)24)15-3-2-4-17-5-6-18(14-27(17)21(28)13-15)26-9-7-25-8-10-26/h2-6,11-14,25H,7-10H2,1H3/b3-2+,15-13+,17-4+. The molecule has 5 nitrogen and oxygen atoms in total. The summed E-state index contributed by atoms with van der Waals surface area (Å²) in [6.45, 7) is 3.53. The molecule has 29 heavy (non-hydrogen) atoms. The molecule has 1 aromatic rings. The number of hydrogen-bond donors (Lipinski definition) is 1. The maximum atomic E-state index is 13.9. The lowest BCUT2D eigenvalue weighted by Crippen LogP contribution is -2.43. The summed E-state index contributed by atoms with van der Waals surface area (Å²) in [5.74, 6) is -2.55. The molecule has 0 bridgehead atoms. The largest absolute Gasteiger partial charge is 0.494 e. The summed E-state index contributed by atoms with van der Waals surface area (Å²) < 4.78 is 32.6. The third-order valence-electron chi connectivity index (χ3n) is 5.05. The van der Waals surface area contributed by atoms with E-state index in [0.29, 0.717) is 11.1 Å².